The number of carbonyl (C=O) groups excluding carboxylic acids is 1. The molecule has 0 unspecified atom stereocenters. The first-order valence-electron chi connectivity index (χ1n) is 7.00. The van der Waals surface area contributed by atoms with Gasteiger partial charge in [-0.1, -0.05) is 11.6 Å². The Morgan fingerprint density at radius 3 is 3.05 bits per heavy atom. The predicted molar refractivity (Wildman–Crippen MR) is 82.6 cm³/mol. The molecule has 21 heavy (non-hydrogen) atoms. The monoisotopic (exact) mass is 324 g/mol. The highest BCUT2D eigenvalue weighted by Gasteiger charge is 2.26. The van der Waals surface area contributed by atoms with Crippen LogP contribution in [0.25, 0.3) is 0 Å². The van der Waals surface area contributed by atoms with Crippen molar-refractivity contribution in [3.8, 4) is 0 Å². The Hall–Kier alpha value is -1.40. The molecule has 1 amide bonds. The van der Waals surface area contributed by atoms with Crippen molar-refractivity contribution < 1.29 is 4.79 Å². The van der Waals surface area contributed by atoms with E-state index in [1.807, 2.05) is 11.1 Å². The number of amides is 1. The van der Waals surface area contributed by atoms with Crippen LogP contribution < -0.4 is 0 Å². The van der Waals surface area contributed by atoms with Gasteiger partial charge in [0.25, 0.3) is 0 Å². The molecule has 1 saturated heterocycles. The Balaban J connectivity index is 1.64. The van der Waals surface area contributed by atoms with Crippen molar-refractivity contribution in [3.05, 3.63) is 33.5 Å². The topological polar surface area (TPSA) is 51.0 Å². The number of aryl methyl sites for hydroxylation is 1. The van der Waals surface area contributed by atoms with Crippen LogP contribution in [0, 0.1) is 6.92 Å². The normalized spacial score (nSPS) is 19.0. The predicted octanol–water partition coefficient (Wildman–Crippen LogP) is 2.71. The van der Waals surface area contributed by atoms with E-state index in [4.69, 9.17) is 11.6 Å². The van der Waals surface area contributed by atoms with Gasteiger partial charge in [-0.25, -0.2) is 4.98 Å². The Bertz CT molecular complexity index is 638. The second-order valence-electron chi connectivity index (χ2n) is 5.34. The fraction of sp³-hybridized carbons (Fsp3) is 0.500. The highest BCUT2D eigenvalue weighted by Crippen LogP contribution is 2.29. The van der Waals surface area contributed by atoms with Crippen LogP contribution in [0.3, 0.4) is 0 Å². The molecule has 0 aliphatic carbocycles. The number of hydrogen-bond acceptors (Lipinski definition) is 4. The van der Waals surface area contributed by atoms with Crippen molar-refractivity contribution in [3.63, 3.8) is 0 Å². The Morgan fingerprint density at radius 1 is 1.52 bits per heavy atom. The maximum atomic E-state index is 12.4. The summed E-state index contributed by atoms with van der Waals surface area (Å²) in [7, 11) is 0. The summed E-state index contributed by atoms with van der Waals surface area (Å²) in [6.07, 6.45) is 7.25. The van der Waals surface area contributed by atoms with E-state index in [2.05, 4.69) is 17.0 Å². The van der Waals surface area contributed by atoms with Crippen molar-refractivity contribution in [2.75, 3.05) is 13.1 Å². The summed E-state index contributed by atoms with van der Waals surface area (Å²) in [4.78, 5) is 20.0. The maximum Gasteiger partial charge on any atom is 0.244 e. The van der Waals surface area contributed by atoms with Crippen molar-refractivity contribution in [1.82, 2.24) is 19.7 Å². The van der Waals surface area contributed by atoms with Crippen LogP contribution in [0.5, 0.6) is 0 Å². The average molecular weight is 325 g/mol. The molecule has 2 aromatic rings. The lowest BCUT2D eigenvalue weighted by atomic mass is 9.99. The SMILES string of the molecule is Cc1cnc([C@@H]2CCCN(C(=O)Cn3cc(Cl)cn3)C2)s1. The number of thiazole rings is 1. The molecule has 3 rings (SSSR count). The summed E-state index contributed by atoms with van der Waals surface area (Å²) in [5.41, 5.74) is 0. The first kappa shape index (κ1) is 14.5. The summed E-state index contributed by atoms with van der Waals surface area (Å²) < 4.78 is 1.59. The molecule has 1 aliphatic heterocycles. The van der Waals surface area contributed by atoms with Crippen LogP contribution >= 0.6 is 22.9 Å². The third kappa shape index (κ3) is 3.44. The number of rotatable bonds is 3. The molecule has 7 heteroatoms. The van der Waals surface area contributed by atoms with E-state index in [-0.39, 0.29) is 12.5 Å². The van der Waals surface area contributed by atoms with Gasteiger partial charge >= 0.3 is 0 Å². The molecule has 1 aliphatic rings. The lowest BCUT2D eigenvalue weighted by Gasteiger charge is -2.31. The van der Waals surface area contributed by atoms with Crippen molar-refractivity contribution in [2.45, 2.75) is 32.2 Å². The highest BCUT2D eigenvalue weighted by molar-refractivity contribution is 7.11. The van der Waals surface area contributed by atoms with Crippen molar-refractivity contribution >= 4 is 28.8 Å². The van der Waals surface area contributed by atoms with Gasteiger partial charge in [-0.2, -0.15) is 5.10 Å². The number of aromatic nitrogens is 3. The van der Waals surface area contributed by atoms with Gasteiger partial charge in [0, 0.05) is 36.3 Å². The summed E-state index contributed by atoms with van der Waals surface area (Å²) in [6, 6.07) is 0. The number of halogens is 1. The van der Waals surface area contributed by atoms with Crippen LogP contribution in [0.1, 0.15) is 28.6 Å². The first-order valence-corrected chi connectivity index (χ1v) is 8.19. The first-order chi connectivity index (χ1) is 10.1. The minimum atomic E-state index is 0.0905. The number of carbonyl (C=O) groups is 1. The Kier molecular flexibility index (Phi) is 4.26. The van der Waals surface area contributed by atoms with Gasteiger partial charge in [-0.3, -0.25) is 9.48 Å². The van der Waals surface area contributed by atoms with Gasteiger partial charge < -0.3 is 4.90 Å². The molecule has 0 aromatic carbocycles. The summed E-state index contributed by atoms with van der Waals surface area (Å²) in [5.74, 6) is 0.454. The van der Waals surface area contributed by atoms with Crippen molar-refractivity contribution in [1.29, 1.82) is 0 Å². The second-order valence-corrected chi connectivity index (χ2v) is 7.05. The van der Waals surface area contributed by atoms with Crippen LogP contribution in [0.2, 0.25) is 5.02 Å². The zero-order chi connectivity index (χ0) is 14.8. The molecule has 5 nitrogen and oxygen atoms in total. The third-order valence-corrected chi connectivity index (χ3v) is 4.93. The molecule has 0 spiro atoms. The van der Waals surface area contributed by atoms with Gasteiger partial charge in [0.05, 0.1) is 16.2 Å². The molecule has 112 valence electrons. The fourth-order valence-corrected chi connectivity index (χ4v) is 3.69. The quantitative estimate of drug-likeness (QED) is 0.872. The zero-order valence-corrected chi connectivity index (χ0v) is 13.4. The fourth-order valence-electron chi connectivity index (χ4n) is 2.63. The average Bonchev–Trinajstić information content (AvgIpc) is 3.08. The third-order valence-electron chi connectivity index (χ3n) is 3.66. The van der Waals surface area contributed by atoms with E-state index >= 15 is 0 Å². The molecular weight excluding hydrogens is 308 g/mol. The van der Waals surface area contributed by atoms with E-state index < -0.39 is 0 Å². The standard InChI is InChI=1S/C14H17ClN4OS/c1-10-5-16-14(21-10)11-3-2-4-18(7-11)13(20)9-19-8-12(15)6-17-19/h5-6,8,11H,2-4,7,9H2,1H3/t11-/m1/s1. The molecule has 1 atom stereocenters. The van der Waals surface area contributed by atoms with Crippen molar-refractivity contribution in [2.24, 2.45) is 0 Å². The van der Waals surface area contributed by atoms with Gasteiger partial charge in [0.2, 0.25) is 5.91 Å². The zero-order valence-electron chi connectivity index (χ0n) is 11.8. The Labute approximate surface area is 132 Å². The molecule has 1 fully saturated rings. The molecule has 0 radical (unpaired) electrons. The molecule has 0 saturated carbocycles. The Morgan fingerprint density at radius 2 is 2.38 bits per heavy atom. The number of nitrogens with zero attached hydrogens (tertiary/aromatic N) is 4. The van der Waals surface area contributed by atoms with E-state index in [9.17, 15) is 4.79 Å². The van der Waals surface area contributed by atoms with Crippen LogP contribution in [0.4, 0.5) is 0 Å². The van der Waals surface area contributed by atoms with Gasteiger partial charge in [0.1, 0.15) is 6.54 Å². The molecule has 0 bridgehead atoms. The van der Waals surface area contributed by atoms with E-state index in [0.29, 0.717) is 10.9 Å². The van der Waals surface area contributed by atoms with E-state index in [1.165, 1.54) is 4.88 Å². The minimum absolute atomic E-state index is 0.0905. The lowest BCUT2D eigenvalue weighted by molar-refractivity contribution is -0.133. The lowest BCUT2D eigenvalue weighted by Crippen LogP contribution is -2.40. The number of piperidine rings is 1. The molecule has 0 N–H and O–H groups in total. The summed E-state index contributed by atoms with van der Waals surface area (Å²) in [5, 5.41) is 5.76. The maximum absolute atomic E-state index is 12.4. The second kappa shape index (κ2) is 6.15. The van der Waals surface area contributed by atoms with Crippen LogP contribution in [0.15, 0.2) is 18.6 Å². The number of hydrogen-bond donors (Lipinski definition) is 0. The highest BCUT2D eigenvalue weighted by atomic mass is 35.5. The summed E-state index contributed by atoms with van der Waals surface area (Å²) in [6.45, 7) is 3.88. The van der Waals surface area contributed by atoms with Gasteiger partial charge in [-0.15, -0.1) is 11.3 Å². The smallest absolute Gasteiger partial charge is 0.244 e. The van der Waals surface area contributed by atoms with Gasteiger partial charge in [-0.05, 0) is 19.8 Å². The summed E-state index contributed by atoms with van der Waals surface area (Å²) >= 11 is 7.55. The molecular formula is C14H17ClN4OS. The molecule has 2 aromatic heterocycles. The van der Waals surface area contributed by atoms with E-state index in [1.54, 1.807) is 28.4 Å². The number of likely N-dealkylation sites (tertiary alicyclic amines) is 1. The minimum Gasteiger partial charge on any atom is -0.340 e. The van der Waals surface area contributed by atoms with Crippen LogP contribution in [-0.4, -0.2) is 38.7 Å². The van der Waals surface area contributed by atoms with E-state index in [0.717, 1.165) is 30.9 Å². The van der Waals surface area contributed by atoms with Crippen LogP contribution in [-0.2, 0) is 11.3 Å². The van der Waals surface area contributed by atoms with Gasteiger partial charge in [0.15, 0.2) is 0 Å². The largest absolute Gasteiger partial charge is 0.340 e. The molecule has 3 heterocycles.